The van der Waals surface area contributed by atoms with Gasteiger partial charge >= 0.3 is 0 Å². The van der Waals surface area contributed by atoms with Crippen LogP contribution in [-0.2, 0) is 7.05 Å². The van der Waals surface area contributed by atoms with Crippen LogP contribution >= 0.6 is 0 Å². The molecule has 0 amide bonds. The second kappa shape index (κ2) is 4.59. The van der Waals surface area contributed by atoms with E-state index in [0.29, 0.717) is 5.69 Å². The van der Waals surface area contributed by atoms with Crippen molar-refractivity contribution in [3.63, 3.8) is 0 Å². The number of rotatable bonds is 3. The van der Waals surface area contributed by atoms with Crippen molar-refractivity contribution in [1.82, 2.24) is 19.7 Å². The average Bonchev–Trinajstić information content (AvgIpc) is 2.65. The van der Waals surface area contributed by atoms with Crippen LogP contribution in [0.15, 0.2) is 12.4 Å². The lowest BCUT2D eigenvalue weighted by Crippen LogP contribution is -2.03. The second-order valence-electron chi connectivity index (χ2n) is 4.31. The highest BCUT2D eigenvalue weighted by Crippen LogP contribution is 2.25. The van der Waals surface area contributed by atoms with Crippen molar-refractivity contribution in [1.29, 1.82) is 0 Å². The fourth-order valence-corrected chi connectivity index (χ4v) is 1.62. The number of nitrogens with zero attached hydrogens (tertiary/aromatic N) is 4. The summed E-state index contributed by atoms with van der Waals surface area (Å²) in [5.41, 5.74) is 6.99. The highest BCUT2D eigenvalue weighted by molar-refractivity contribution is 5.59. The standard InChI is InChI=1S/C11H15FN6/c1-6(2)9-8(5-18(3)17-9)15-10-7(12)4-14-11(13)16-10/h4-6H,1-3H3,(H3,13,14,15,16). The highest BCUT2D eigenvalue weighted by atomic mass is 19.1. The molecule has 0 aliphatic rings. The third kappa shape index (κ3) is 2.39. The molecule has 0 atom stereocenters. The molecule has 0 fully saturated rings. The minimum atomic E-state index is -0.553. The Balaban J connectivity index is 2.36. The van der Waals surface area contributed by atoms with Crippen molar-refractivity contribution in [3.05, 3.63) is 23.9 Å². The zero-order valence-electron chi connectivity index (χ0n) is 10.5. The molecule has 0 spiro atoms. The van der Waals surface area contributed by atoms with Crippen LogP contribution in [0.5, 0.6) is 0 Å². The first kappa shape index (κ1) is 12.3. The Morgan fingerprint density at radius 1 is 1.44 bits per heavy atom. The van der Waals surface area contributed by atoms with Crippen LogP contribution in [0.2, 0.25) is 0 Å². The van der Waals surface area contributed by atoms with E-state index in [-0.39, 0.29) is 17.7 Å². The van der Waals surface area contributed by atoms with Crippen molar-refractivity contribution in [3.8, 4) is 0 Å². The predicted molar refractivity (Wildman–Crippen MR) is 67.0 cm³/mol. The summed E-state index contributed by atoms with van der Waals surface area (Å²) in [6, 6.07) is 0. The van der Waals surface area contributed by atoms with Gasteiger partial charge in [0.2, 0.25) is 5.95 Å². The van der Waals surface area contributed by atoms with Crippen molar-refractivity contribution < 1.29 is 4.39 Å². The van der Waals surface area contributed by atoms with Crippen molar-refractivity contribution in [2.45, 2.75) is 19.8 Å². The second-order valence-corrected chi connectivity index (χ2v) is 4.31. The Kier molecular flexibility index (Phi) is 3.14. The molecule has 0 aliphatic carbocycles. The third-order valence-electron chi connectivity index (χ3n) is 2.42. The quantitative estimate of drug-likeness (QED) is 0.868. The molecule has 0 bridgehead atoms. The Morgan fingerprint density at radius 3 is 2.83 bits per heavy atom. The molecule has 3 N–H and O–H groups in total. The molecule has 2 aromatic rings. The fourth-order valence-electron chi connectivity index (χ4n) is 1.62. The Hall–Kier alpha value is -2.18. The number of halogens is 1. The summed E-state index contributed by atoms with van der Waals surface area (Å²) in [4.78, 5) is 7.40. The lowest BCUT2D eigenvalue weighted by molar-refractivity contribution is 0.619. The van der Waals surface area contributed by atoms with E-state index in [4.69, 9.17) is 5.73 Å². The van der Waals surface area contributed by atoms with Gasteiger partial charge in [0.15, 0.2) is 11.6 Å². The maximum absolute atomic E-state index is 13.5. The summed E-state index contributed by atoms with van der Waals surface area (Å²) < 4.78 is 15.2. The van der Waals surface area contributed by atoms with Crippen LogP contribution in [0, 0.1) is 5.82 Å². The van der Waals surface area contributed by atoms with Crippen molar-refractivity contribution in [2.75, 3.05) is 11.1 Å². The molecule has 2 rings (SSSR count). The molecule has 0 radical (unpaired) electrons. The first-order valence-corrected chi connectivity index (χ1v) is 5.56. The van der Waals surface area contributed by atoms with Gasteiger partial charge in [-0.1, -0.05) is 13.8 Å². The minimum absolute atomic E-state index is 0.0221. The predicted octanol–water partition coefficient (Wildman–Crippen LogP) is 1.80. The Morgan fingerprint density at radius 2 is 2.17 bits per heavy atom. The first-order chi connectivity index (χ1) is 8.47. The summed E-state index contributed by atoms with van der Waals surface area (Å²) in [5, 5.41) is 7.21. The van der Waals surface area contributed by atoms with E-state index in [1.165, 1.54) is 0 Å². The molecule has 0 aromatic carbocycles. The van der Waals surface area contributed by atoms with E-state index in [2.05, 4.69) is 20.4 Å². The first-order valence-electron chi connectivity index (χ1n) is 5.56. The summed E-state index contributed by atoms with van der Waals surface area (Å²) in [6.45, 7) is 4.02. The van der Waals surface area contributed by atoms with Crippen LogP contribution < -0.4 is 11.1 Å². The molecular weight excluding hydrogens is 235 g/mol. The fraction of sp³-hybridized carbons (Fsp3) is 0.364. The number of aromatic nitrogens is 4. The van der Waals surface area contributed by atoms with E-state index in [1.807, 2.05) is 20.9 Å². The van der Waals surface area contributed by atoms with Gasteiger partial charge in [-0.25, -0.2) is 9.37 Å². The topological polar surface area (TPSA) is 81.7 Å². The van der Waals surface area contributed by atoms with Gasteiger partial charge in [0.05, 0.1) is 17.6 Å². The minimum Gasteiger partial charge on any atom is -0.368 e. The maximum atomic E-state index is 13.5. The molecule has 0 saturated carbocycles. The van der Waals surface area contributed by atoms with E-state index in [0.717, 1.165) is 11.9 Å². The van der Waals surface area contributed by atoms with Crippen LogP contribution in [0.25, 0.3) is 0 Å². The SMILES string of the molecule is CC(C)c1nn(C)cc1Nc1nc(N)ncc1F. The molecular formula is C11H15FN6. The molecule has 7 heteroatoms. The largest absolute Gasteiger partial charge is 0.368 e. The molecule has 96 valence electrons. The molecule has 2 aromatic heterocycles. The van der Waals surface area contributed by atoms with Crippen LogP contribution in [0.3, 0.4) is 0 Å². The lowest BCUT2D eigenvalue weighted by atomic mass is 10.1. The summed E-state index contributed by atoms with van der Waals surface area (Å²) >= 11 is 0. The highest BCUT2D eigenvalue weighted by Gasteiger charge is 2.14. The number of nitrogen functional groups attached to an aromatic ring is 1. The molecule has 0 unspecified atom stereocenters. The van der Waals surface area contributed by atoms with Crippen LogP contribution in [0.4, 0.5) is 21.8 Å². The molecule has 0 saturated heterocycles. The monoisotopic (exact) mass is 250 g/mol. The smallest absolute Gasteiger partial charge is 0.222 e. The Labute approximate surface area is 104 Å². The van der Waals surface area contributed by atoms with Gasteiger partial charge in [-0.05, 0) is 5.92 Å². The summed E-state index contributed by atoms with van der Waals surface area (Å²) in [6.07, 6.45) is 2.81. The number of aryl methyl sites for hydroxylation is 1. The number of nitrogens with two attached hydrogens (primary N) is 1. The van der Waals surface area contributed by atoms with E-state index in [1.54, 1.807) is 10.9 Å². The zero-order valence-corrected chi connectivity index (χ0v) is 10.5. The third-order valence-corrected chi connectivity index (χ3v) is 2.42. The molecule has 2 heterocycles. The van der Waals surface area contributed by atoms with Gasteiger partial charge < -0.3 is 11.1 Å². The van der Waals surface area contributed by atoms with E-state index >= 15 is 0 Å². The van der Waals surface area contributed by atoms with Crippen LogP contribution in [0.1, 0.15) is 25.5 Å². The summed E-state index contributed by atoms with van der Waals surface area (Å²) in [7, 11) is 1.81. The number of hydrogen-bond donors (Lipinski definition) is 2. The van der Waals surface area contributed by atoms with E-state index < -0.39 is 5.82 Å². The van der Waals surface area contributed by atoms with Crippen molar-refractivity contribution >= 4 is 17.5 Å². The van der Waals surface area contributed by atoms with Gasteiger partial charge in [0.25, 0.3) is 0 Å². The Bertz CT molecular complexity index is 563. The van der Waals surface area contributed by atoms with Gasteiger partial charge in [-0.2, -0.15) is 10.1 Å². The van der Waals surface area contributed by atoms with Gasteiger partial charge in [0.1, 0.15) is 0 Å². The molecule has 6 nitrogen and oxygen atoms in total. The number of hydrogen-bond acceptors (Lipinski definition) is 5. The number of nitrogens with one attached hydrogen (secondary N) is 1. The normalized spacial score (nSPS) is 10.9. The maximum Gasteiger partial charge on any atom is 0.222 e. The van der Waals surface area contributed by atoms with Gasteiger partial charge in [0, 0.05) is 13.2 Å². The van der Waals surface area contributed by atoms with Gasteiger partial charge in [-0.15, -0.1) is 0 Å². The van der Waals surface area contributed by atoms with E-state index in [9.17, 15) is 4.39 Å². The van der Waals surface area contributed by atoms with Gasteiger partial charge in [-0.3, -0.25) is 4.68 Å². The zero-order chi connectivity index (χ0) is 13.3. The molecule has 18 heavy (non-hydrogen) atoms. The number of anilines is 3. The molecule has 0 aliphatic heterocycles. The average molecular weight is 250 g/mol. The summed E-state index contributed by atoms with van der Waals surface area (Å²) in [5.74, 6) is -0.259. The van der Waals surface area contributed by atoms with Crippen molar-refractivity contribution in [2.24, 2.45) is 7.05 Å². The van der Waals surface area contributed by atoms with Crippen LogP contribution in [-0.4, -0.2) is 19.7 Å². The lowest BCUT2D eigenvalue weighted by Gasteiger charge is -2.08.